The largest absolute Gasteiger partial charge is 0.394 e. The fourth-order valence-corrected chi connectivity index (χ4v) is 2.08. The van der Waals surface area contributed by atoms with Crippen LogP contribution in [0.15, 0.2) is 12.7 Å². The molecule has 2 N–H and O–H groups in total. The number of aliphatic hydroxyl groups is 2. The third-order valence-electron chi connectivity index (χ3n) is 2.94. The quantitative estimate of drug-likeness (QED) is 0.689. The van der Waals surface area contributed by atoms with Gasteiger partial charge in [0.15, 0.2) is 5.79 Å². The smallest absolute Gasteiger partial charge is 0.164 e. The van der Waals surface area contributed by atoms with Crippen molar-refractivity contribution in [1.82, 2.24) is 0 Å². The van der Waals surface area contributed by atoms with Gasteiger partial charge in [0.25, 0.3) is 0 Å². The van der Waals surface area contributed by atoms with Gasteiger partial charge in [0.2, 0.25) is 0 Å². The third kappa shape index (κ3) is 3.05. The normalized spacial score (nSPS) is 33.1. The van der Waals surface area contributed by atoms with E-state index in [4.69, 9.17) is 14.2 Å². The molecular weight excluding hydrogens is 224 g/mol. The number of hydrogen-bond acceptors (Lipinski definition) is 5. The molecule has 0 aromatic carbocycles. The molecule has 1 aliphatic rings. The highest BCUT2D eigenvalue weighted by atomic mass is 16.8. The summed E-state index contributed by atoms with van der Waals surface area (Å²) < 4.78 is 16.5. The van der Waals surface area contributed by atoms with Gasteiger partial charge in [-0.2, -0.15) is 0 Å². The number of aliphatic hydroxyl groups excluding tert-OH is 1. The molecule has 0 aromatic heterocycles. The van der Waals surface area contributed by atoms with Crippen molar-refractivity contribution in [3.05, 3.63) is 12.7 Å². The SMILES string of the molecule is C=C[C@](C)(O)[C@H](OC)[C@H]1OC(C)(C)O[C@H]1CO. The van der Waals surface area contributed by atoms with E-state index in [0.717, 1.165) is 0 Å². The zero-order valence-electron chi connectivity index (χ0n) is 10.8. The van der Waals surface area contributed by atoms with E-state index in [0.29, 0.717) is 0 Å². The second kappa shape index (κ2) is 5.04. The number of methoxy groups -OCH3 is 1. The van der Waals surface area contributed by atoms with Gasteiger partial charge in [-0.15, -0.1) is 6.58 Å². The van der Waals surface area contributed by atoms with E-state index < -0.39 is 29.7 Å². The Morgan fingerprint density at radius 3 is 2.53 bits per heavy atom. The fourth-order valence-electron chi connectivity index (χ4n) is 2.08. The standard InChI is InChI=1S/C12H22O5/c1-6-12(4,14)10(15-5)9-8(7-13)16-11(2,3)17-9/h6,8-10,13-14H,1,7H2,2-5H3/t8-,9-,10+,12-/m0/s1. The van der Waals surface area contributed by atoms with Crippen molar-refractivity contribution >= 4 is 0 Å². The number of rotatable bonds is 5. The average molecular weight is 246 g/mol. The van der Waals surface area contributed by atoms with E-state index in [1.165, 1.54) is 13.2 Å². The van der Waals surface area contributed by atoms with Gasteiger partial charge in [-0.3, -0.25) is 0 Å². The van der Waals surface area contributed by atoms with Gasteiger partial charge in [0, 0.05) is 7.11 Å². The van der Waals surface area contributed by atoms with Crippen LogP contribution in [0.5, 0.6) is 0 Å². The van der Waals surface area contributed by atoms with Gasteiger partial charge in [-0.1, -0.05) is 6.08 Å². The molecule has 17 heavy (non-hydrogen) atoms. The summed E-state index contributed by atoms with van der Waals surface area (Å²) in [6, 6.07) is 0. The highest BCUT2D eigenvalue weighted by Gasteiger charge is 2.49. The minimum Gasteiger partial charge on any atom is -0.394 e. The van der Waals surface area contributed by atoms with Crippen LogP contribution in [0.25, 0.3) is 0 Å². The molecule has 5 heteroatoms. The van der Waals surface area contributed by atoms with Gasteiger partial charge in [-0.05, 0) is 20.8 Å². The van der Waals surface area contributed by atoms with Crippen molar-refractivity contribution in [3.63, 3.8) is 0 Å². The van der Waals surface area contributed by atoms with Crippen molar-refractivity contribution in [1.29, 1.82) is 0 Å². The molecule has 0 aliphatic carbocycles. The van der Waals surface area contributed by atoms with Crippen LogP contribution in [0.4, 0.5) is 0 Å². The number of ether oxygens (including phenoxy) is 3. The van der Waals surface area contributed by atoms with Gasteiger partial charge in [-0.25, -0.2) is 0 Å². The van der Waals surface area contributed by atoms with Crippen molar-refractivity contribution in [3.8, 4) is 0 Å². The molecule has 0 spiro atoms. The third-order valence-corrected chi connectivity index (χ3v) is 2.94. The minimum atomic E-state index is -1.25. The van der Waals surface area contributed by atoms with Crippen LogP contribution >= 0.6 is 0 Å². The Balaban J connectivity index is 2.92. The van der Waals surface area contributed by atoms with Crippen LogP contribution in [-0.2, 0) is 14.2 Å². The Labute approximate surface area is 102 Å². The molecule has 1 aliphatic heterocycles. The summed E-state index contributed by atoms with van der Waals surface area (Å²) in [6.45, 7) is 8.47. The predicted octanol–water partition coefficient (Wildman–Crippen LogP) is 0.451. The maximum Gasteiger partial charge on any atom is 0.164 e. The Morgan fingerprint density at radius 1 is 1.53 bits per heavy atom. The first kappa shape index (κ1) is 14.6. The second-order valence-electron chi connectivity index (χ2n) is 4.91. The minimum absolute atomic E-state index is 0.193. The lowest BCUT2D eigenvalue weighted by molar-refractivity contribution is -0.173. The predicted molar refractivity (Wildman–Crippen MR) is 62.5 cm³/mol. The van der Waals surface area contributed by atoms with Crippen LogP contribution in [-0.4, -0.2) is 53.6 Å². The lowest BCUT2D eigenvalue weighted by Crippen LogP contribution is -2.51. The Bertz CT molecular complexity index is 274. The lowest BCUT2D eigenvalue weighted by Gasteiger charge is -2.34. The van der Waals surface area contributed by atoms with Crippen molar-refractivity contribution < 1.29 is 24.4 Å². The summed E-state index contributed by atoms with van der Waals surface area (Å²) in [7, 11) is 1.48. The lowest BCUT2D eigenvalue weighted by atomic mass is 9.92. The molecule has 0 unspecified atom stereocenters. The molecule has 1 rings (SSSR count). The molecule has 1 heterocycles. The van der Waals surface area contributed by atoms with E-state index >= 15 is 0 Å². The maximum absolute atomic E-state index is 10.2. The summed E-state index contributed by atoms with van der Waals surface area (Å²) in [5.41, 5.74) is -1.25. The first-order chi connectivity index (χ1) is 7.77. The molecule has 0 saturated carbocycles. The summed E-state index contributed by atoms with van der Waals surface area (Å²) in [5.74, 6) is -0.800. The van der Waals surface area contributed by atoms with Crippen LogP contribution in [0.3, 0.4) is 0 Å². The topological polar surface area (TPSA) is 68.2 Å². The van der Waals surface area contributed by atoms with Crippen LogP contribution in [0.2, 0.25) is 0 Å². The highest BCUT2D eigenvalue weighted by molar-refractivity contribution is 5.04. The zero-order chi connectivity index (χ0) is 13.3. The zero-order valence-corrected chi connectivity index (χ0v) is 10.8. The molecular formula is C12H22O5. The molecule has 0 amide bonds. The second-order valence-corrected chi connectivity index (χ2v) is 4.91. The van der Waals surface area contributed by atoms with E-state index in [-0.39, 0.29) is 6.61 Å². The first-order valence-corrected chi connectivity index (χ1v) is 5.62. The van der Waals surface area contributed by atoms with E-state index in [9.17, 15) is 10.2 Å². The van der Waals surface area contributed by atoms with Crippen molar-refractivity contribution in [2.45, 2.75) is 50.5 Å². The Hall–Kier alpha value is -0.460. The molecule has 1 fully saturated rings. The average Bonchev–Trinajstić information content (AvgIpc) is 2.54. The first-order valence-electron chi connectivity index (χ1n) is 5.62. The Kier molecular flexibility index (Phi) is 4.33. The maximum atomic E-state index is 10.2. The van der Waals surface area contributed by atoms with Gasteiger partial charge < -0.3 is 24.4 Å². The van der Waals surface area contributed by atoms with Gasteiger partial charge in [0.1, 0.15) is 23.9 Å². The summed E-state index contributed by atoms with van der Waals surface area (Å²) >= 11 is 0. The van der Waals surface area contributed by atoms with Gasteiger partial charge >= 0.3 is 0 Å². The summed E-state index contributed by atoms with van der Waals surface area (Å²) in [4.78, 5) is 0. The van der Waals surface area contributed by atoms with E-state index in [2.05, 4.69) is 6.58 Å². The number of hydrogen-bond donors (Lipinski definition) is 2. The van der Waals surface area contributed by atoms with E-state index in [1.54, 1.807) is 20.8 Å². The molecule has 100 valence electrons. The molecule has 0 bridgehead atoms. The monoisotopic (exact) mass is 246 g/mol. The van der Waals surface area contributed by atoms with Gasteiger partial charge in [0.05, 0.1) is 6.61 Å². The van der Waals surface area contributed by atoms with Crippen LogP contribution in [0.1, 0.15) is 20.8 Å². The van der Waals surface area contributed by atoms with Crippen LogP contribution in [0, 0.1) is 0 Å². The fraction of sp³-hybridized carbons (Fsp3) is 0.833. The highest BCUT2D eigenvalue weighted by Crippen LogP contribution is 2.34. The molecule has 5 nitrogen and oxygen atoms in total. The van der Waals surface area contributed by atoms with E-state index in [1.807, 2.05) is 0 Å². The summed E-state index contributed by atoms with van der Waals surface area (Å²) in [5, 5.41) is 19.5. The van der Waals surface area contributed by atoms with Crippen molar-refractivity contribution in [2.75, 3.05) is 13.7 Å². The molecule has 0 radical (unpaired) electrons. The molecule has 4 atom stereocenters. The van der Waals surface area contributed by atoms with Crippen LogP contribution < -0.4 is 0 Å². The molecule has 0 aromatic rings. The summed E-state index contributed by atoms with van der Waals surface area (Å²) in [6.07, 6.45) is -0.335. The van der Waals surface area contributed by atoms with Crippen molar-refractivity contribution in [2.24, 2.45) is 0 Å². The molecule has 1 saturated heterocycles. The Morgan fingerprint density at radius 2 is 2.12 bits per heavy atom.